The number of pyridine rings is 1. The van der Waals surface area contributed by atoms with Crippen LogP contribution >= 0.6 is 11.3 Å². The molecule has 0 unspecified atom stereocenters. The Hall–Kier alpha value is -3.12. The maximum absolute atomic E-state index is 4.91. The molecule has 0 radical (unpaired) electrons. The third-order valence-corrected chi connectivity index (χ3v) is 5.16. The number of aromatic nitrogens is 3. The van der Waals surface area contributed by atoms with Gasteiger partial charge in [-0.3, -0.25) is 4.98 Å². The lowest BCUT2D eigenvalue weighted by atomic mass is 10.00. The number of rotatable bonds is 2. The van der Waals surface area contributed by atoms with Crippen molar-refractivity contribution in [2.75, 3.05) is 0 Å². The maximum Gasteiger partial charge on any atom is 0.161 e. The number of hydrogen-bond acceptors (Lipinski definition) is 6. The quantitative estimate of drug-likeness (QED) is 0.600. The highest BCUT2D eigenvalue weighted by molar-refractivity contribution is 7.17. The van der Waals surface area contributed by atoms with Gasteiger partial charge in [-0.15, -0.1) is 11.3 Å². The van der Waals surface area contributed by atoms with Gasteiger partial charge in [0.2, 0.25) is 0 Å². The summed E-state index contributed by atoms with van der Waals surface area (Å²) >= 11 is 1.66. The van der Waals surface area contributed by atoms with Crippen LogP contribution in [0.4, 0.5) is 0 Å². The van der Waals surface area contributed by atoms with Gasteiger partial charge in [0.15, 0.2) is 5.82 Å². The van der Waals surface area contributed by atoms with Crippen molar-refractivity contribution < 1.29 is 0 Å². The summed E-state index contributed by atoms with van der Waals surface area (Å²) in [5, 5.41) is 6.26. The zero-order valence-corrected chi connectivity index (χ0v) is 14.0. The number of benzene rings is 1. The highest BCUT2D eigenvalue weighted by Gasteiger charge is 2.17. The Morgan fingerprint density at radius 2 is 1.92 bits per heavy atom. The van der Waals surface area contributed by atoms with E-state index in [0.717, 1.165) is 45.0 Å². The molecule has 4 aromatic rings. The fourth-order valence-electron chi connectivity index (χ4n) is 3.05. The molecule has 0 fully saturated rings. The van der Waals surface area contributed by atoms with Gasteiger partial charge < -0.3 is 5.43 Å². The third-order valence-electron chi connectivity index (χ3n) is 4.25. The largest absolute Gasteiger partial charge is 0.306 e. The first kappa shape index (κ1) is 14.2. The van der Waals surface area contributed by atoms with Crippen LogP contribution in [0, 0.1) is 0 Å². The molecule has 6 heteroatoms. The predicted octanol–water partition coefficient (Wildman–Crippen LogP) is 3.86. The van der Waals surface area contributed by atoms with Crippen LogP contribution in [-0.4, -0.2) is 21.2 Å². The molecular weight excluding hydrogens is 330 g/mol. The van der Waals surface area contributed by atoms with E-state index in [1.165, 1.54) is 5.56 Å². The van der Waals surface area contributed by atoms with Crippen LogP contribution in [0.25, 0.3) is 32.9 Å². The molecular formula is C19H13N5S. The summed E-state index contributed by atoms with van der Waals surface area (Å²) in [6.45, 7) is 0.720. The van der Waals surface area contributed by atoms with E-state index in [1.807, 2.05) is 30.5 Å². The number of thiophene rings is 1. The molecule has 5 rings (SSSR count). The van der Waals surface area contributed by atoms with E-state index in [2.05, 4.69) is 33.0 Å². The molecule has 0 bridgehead atoms. The first-order chi connectivity index (χ1) is 12.4. The van der Waals surface area contributed by atoms with E-state index >= 15 is 0 Å². The second-order valence-electron chi connectivity index (χ2n) is 5.74. The second kappa shape index (κ2) is 5.75. The first-order valence-electron chi connectivity index (χ1n) is 7.94. The Morgan fingerprint density at radius 1 is 1.00 bits per heavy atom. The Labute approximate surface area is 148 Å². The average molecular weight is 343 g/mol. The lowest BCUT2D eigenvalue weighted by Crippen LogP contribution is -2.14. The van der Waals surface area contributed by atoms with Gasteiger partial charge in [-0.1, -0.05) is 18.2 Å². The van der Waals surface area contributed by atoms with E-state index in [4.69, 9.17) is 9.97 Å². The van der Waals surface area contributed by atoms with Gasteiger partial charge in [-0.25, -0.2) is 9.97 Å². The third kappa shape index (κ3) is 2.38. The van der Waals surface area contributed by atoms with Gasteiger partial charge in [-0.2, -0.15) is 5.10 Å². The summed E-state index contributed by atoms with van der Waals surface area (Å²) in [7, 11) is 0. The minimum absolute atomic E-state index is 0.720. The van der Waals surface area contributed by atoms with Crippen LogP contribution in [0.1, 0.15) is 11.1 Å². The van der Waals surface area contributed by atoms with Crippen molar-refractivity contribution in [2.24, 2.45) is 5.10 Å². The van der Waals surface area contributed by atoms with Gasteiger partial charge in [0.25, 0.3) is 0 Å². The maximum atomic E-state index is 4.91. The van der Waals surface area contributed by atoms with Crippen molar-refractivity contribution >= 4 is 27.8 Å². The zero-order valence-electron chi connectivity index (χ0n) is 13.2. The normalized spacial score (nSPS) is 12.8. The SMILES string of the molecule is C1=NNCc2cccc(-c3nc(-c4ccncc4)c4sccc4n3)c21. The molecule has 0 saturated carbocycles. The van der Waals surface area contributed by atoms with Gasteiger partial charge in [-0.05, 0) is 29.1 Å². The molecule has 1 N–H and O–H groups in total. The lowest BCUT2D eigenvalue weighted by Gasteiger charge is -2.15. The molecule has 1 aromatic carbocycles. The summed E-state index contributed by atoms with van der Waals surface area (Å²) in [5.74, 6) is 0.725. The number of nitrogens with one attached hydrogen (secondary N) is 1. The van der Waals surface area contributed by atoms with Crippen LogP contribution < -0.4 is 5.43 Å². The van der Waals surface area contributed by atoms with E-state index in [1.54, 1.807) is 23.7 Å². The van der Waals surface area contributed by atoms with Crippen LogP contribution in [0.15, 0.2) is 59.3 Å². The van der Waals surface area contributed by atoms with Crippen molar-refractivity contribution in [3.05, 3.63) is 65.3 Å². The van der Waals surface area contributed by atoms with Crippen molar-refractivity contribution in [1.82, 2.24) is 20.4 Å². The summed E-state index contributed by atoms with van der Waals surface area (Å²) in [4.78, 5) is 13.8. The minimum Gasteiger partial charge on any atom is -0.306 e. The minimum atomic E-state index is 0.720. The first-order valence-corrected chi connectivity index (χ1v) is 8.82. The van der Waals surface area contributed by atoms with Crippen molar-refractivity contribution in [3.63, 3.8) is 0 Å². The highest BCUT2D eigenvalue weighted by atomic mass is 32.1. The Kier molecular flexibility index (Phi) is 3.28. The molecule has 0 aliphatic carbocycles. The molecule has 1 aliphatic heterocycles. The number of fused-ring (bicyclic) bond motifs is 2. The van der Waals surface area contributed by atoms with Gasteiger partial charge in [0.1, 0.15) is 0 Å². The molecule has 1 aliphatic rings. The summed E-state index contributed by atoms with van der Waals surface area (Å²) in [6.07, 6.45) is 5.43. The van der Waals surface area contributed by atoms with Gasteiger partial charge >= 0.3 is 0 Å². The van der Waals surface area contributed by atoms with Crippen LogP contribution in [0.2, 0.25) is 0 Å². The lowest BCUT2D eigenvalue weighted by molar-refractivity contribution is 0.735. The Bertz CT molecular complexity index is 1100. The molecule has 0 amide bonds. The highest BCUT2D eigenvalue weighted by Crippen LogP contribution is 2.33. The zero-order chi connectivity index (χ0) is 16.6. The fourth-order valence-corrected chi connectivity index (χ4v) is 3.89. The standard InChI is InChI=1S/C19H13N5S/c1-2-13-10-21-22-11-15(13)14(3-1)19-23-16-6-9-25-18(16)17(24-19)12-4-7-20-8-5-12/h1-9,11,21H,10H2. The Morgan fingerprint density at radius 3 is 2.84 bits per heavy atom. The Balaban J connectivity index is 1.78. The molecule has 0 atom stereocenters. The molecule has 5 nitrogen and oxygen atoms in total. The van der Waals surface area contributed by atoms with E-state index in [9.17, 15) is 0 Å². The summed E-state index contributed by atoms with van der Waals surface area (Å²) < 4.78 is 1.09. The average Bonchev–Trinajstić information content (AvgIpc) is 3.16. The van der Waals surface area contributed by atoms with Crippen molar-refractivity contribution in [3.8, 4) is 22.6 Å². The van der Waals surface area contributed by atoms with Crippen LogP contribution in [0.5, 0.6) is 0 Å². The van der Waals surface area contributed by atoms with Crippen LogP contribution in [0.3, 0.4) is 0 Å². The second-order valence-corrected chi connectivity index (χ2v) is 6.65. The van der Waals surface area contributed by atoms with Gasteiger partial charge in [0, 0.05) is 29.1 Å². The molecule has 3 aromatic heterocycles. The summed E-state index contributed by atoms with van der Waals surface area (Å²) in [5.41, 5.74) is 9.25. The van der Waals surface area contributed by atoms with Crippen molar-refractivity contribution in [1.29, 1.82) is 0 Å². The molecule has 0 saturated heterocycles. The van der Waals surface area contributed by atoms with E-state index in [0.29, 0.717) is 0 Å². The molecule has 120 valence electrons. The number of hydrazone groups is 1. The molecule has 25 heavy (non-hydrogen) atoms. The summed E-state index contributed by atoms with van der Waals surface area (Å²) in [6, 6.07) is 12.2. The topological polar surface area (TPSA) is 63.1 Å². The van der Waals surface area contributed by atoms with Crippen LogP contribution in [-0.2, 0) is 6.54 Å². The molecule has 4 heterocycles. The van der Waals surface area contributed by atoms with Gasteiger partial charge in [0.05, 0.1) is 28.7 Å². The van der Waals surface area contributed by atoms with E-state index in [-0.39, 0.29) is 0 Å². The van der Waals surface area contributed by atoms with E-state index < -0.39 is 0 Å². The predicted molar refractivity (Wildman–Crippen MR) is 101 cm³/mol. The monoisotopic (exact) mass is 343 g/mol. The fraction of sp³-hybridized carbons (Fsp3) is 0.0526. The smallest absolute Gasteiger partial charge is 0.161 e. The van der Waals surface area contributed by atoms with Crippen molar-refractivity contribution in [2.45, 2.75) is 6.54 Å². The number of hydrogen-bond donors (Lipinski definition) is 1. The number of nitrogens with zero attached hydrogens (tertiary/aromatic N) is 4. The molecule has 0 spiro atoms.